The lowest BCUT2D eigenvalue weighted by Gasteiger charge is -2.27. The Labute approximate surface area is 228 Å². The molecule has 204 valence electrons. The van der Waals surface area contributed by atoms with Crippen molar-refractivity contribution in [2.24, 2.45) is 11.8 Å². The van der Waals surface area contributed by atoms with Crippen LogP contribution in [-0.2, 0) is 11.2 Å². The van der Waals surface area contributed by atoms with Gasteiger partial charge in [-0.05, 0) is 62.5 Å². The van der Waals surface area contributed by atoms with Crippen molar-refractivity contribution in [1.29, 1.82) is 0 Å². The van der Waals surface area contributed by atoms with Crippen molar-refractivity contribution < 1.29 is 23.4 Å². The number of halogens is 2. The van der Waals surface area contributed by atoms with Crippen molar-refractivity contribution in [2.45, 2.75) is 50.7 Å². The van der Waals surface area contributed by atoms with Gasteiger partial charge in [-0.25, -0.2) is 33.5 Å². The SMILES string of the molecule is O=C(O)c1nc2ncnc(-c3ccc(F)cc3F)c2nc1CC(C1=C[C@H](c2cnn(C3CC3)c2)OCC1)C1CC1. The quantitative estimate of drug-likeness (QED) is 0.299. The van der Waals surface area contributed by atoms with Gasteiger partial charge in [0.15, 0.2) is 11.3 Å². The van der Waals surface area contributed by atoms with Crippen LogP contribution in [0.2, 0.25) is 0 Å². The topological polar surface area (TPSA) is 116 Å². The third-order valence-corrected chi connectivity index (χ3v) is 7.93. The minimum Gasteiger partial charge on any atom is -0.476 e. The molecule has 40 heavy (non-hydrogen) atoms. The molecule has 9 nitrogen and oxygen atoms in total. The van der Waals surface area contributed by atoms with Gasteiger partial charge in [-0.15, -0.1) is 0 Å². The van der Waals surface area contributed by atoms with Crippen LogP contribution < -0.4 is 0 Å². The van der Waals surface area contributed by atoms with Gasteiger partial charge in [0, 0.05) is 23.4 Å². The van der Waals surface area contributed by atoms with Gasteiger partial charge in [0.2, 0.25) is 0 Å². The predicted molar refractivity (Wildman–Crippen MR) is 139 cm³/mol. The number of rotatable bonds is 8. The van der Waals surface area contributed by atoms with Gasteiger partial charge in [-0.1, -0.05) is 11.6 Å². The highest BCUT2D eigenvalue weighted by Gasteiger charge is 2.37. The van der Waals surface area contributed by atoms with E-state index in [1.807, 2.05) is 10.9 Å². The lowest BCUT2D eigenvalue weighted by atomic mass is 9.85. The summed E-state index contributed by atoms with van der Waals surface area (Å²) in [5.41, 5.74) is 2.72. The number of aromatic carboxylic acids is 1. The third-order valence-electron chi connectivity index (χ3n) is 7.93. The summed E-state index contributed by atoms with van der Waals surface area (Å²) >= 11 is 0. The minimum absolute atomic E-state index is 0.0378. The first-order chi connectivity index (χ1) is 19.4. The Bertz CT molecular complexity index is 1660. The fourth-order valence-corrected chi connectivity index (χ4v) is 5.58. The number of carboxylic acid groups (broad SMARTS) is 1. The van der Waals surface area contributed by atoms with Crippen molar-refractivity contribution in [3.05, 3.63) is 77.2 Å². The summed E-state index contributed by atoms with van der Waals surface area (Å²) in [5.74, 6) is -2.26. The Hall–Kier alpha value is -4.12. The van der Waals surface area contributed by atoms with E-state index in [1.54, 1.807) is 0 Å². The minimum atomic E-state index is -1.21. The highest BCUT2D eigenvalue weighted by molar-refractivity contribution is 5.92. The Morgan fingerprint density at radius 2 is 2.00 bits per heavy atom. The molecule has 2 fully saturated rings. The second-order valence-corrected chi connectivity index (χ2v) is 10.8. The van der Waals surface area contributed by atoms with Gasteiger partial charge < -0.3 is 9.84 Å². The molecule has 1 aromatic carbocycles. The molecule has 4 heterocycles. The molecule has 3 aliphatic rings. The molecular weight excluding hydrogens is 518 g/mol. The number of nitrogens with zero attached hydrogens (tertiary/aromatic N) is 6. The van der Waals surface area contributed by atoms with Crippen LogP contribution in [0.4, 0.5) is 8.78 Å². The Kier molecular flexibility index (Phi) is 6.10. The van der Waals surface area contributed by atoms with E-state index in [0.717, 1.165) is 49.8 Å². The first-order valence-corrected chi connectivity index (χ1v) is 13.5. The molecule has 2 aliphatic carbocycles. The molecule has 11 heteroatoms. The molecule has 0 saturated heterocycles. The van der Waals surface area contributed by atoms with Crippen molar-refractivity contribution in [1.82, 2.24) is 29.7 Å². The van der Waals surface area contributed by atoms with Crippen LogP contribution >= 0.6 is 0 Å². The zero-order valence-corrected chi connectivity index (χ0v) is 21.5. The molecule has 3 aromatic heterocycles. The highest BCUT2D eigenvalue weighted by Crippen LogP contribution is 2.45. The van der Waals surface area contributed by atoms with E-state index >= 15 is 0 Å². The van der Waals surface area contributed by atoms with Crippen LogP contribution in [0.25, 0.3) is 22.4 Å². The maximum Gasteiger partial charge on any atom is 0.356 e. The van der Waals surface area contributed by atoms with Crippen LogP contribution in [0.1, 0.15) is 66.0 Å². The Morgan fingerprint density at radius 3 is 2.75 bits per heavy atom. The molecule has 1 unspecified atom stereocenters. The Morgan fingerprint density at radius 1 is 1.15 bits per heavy atom. The summed E-state index contributed by atoms with van der Waals surface area (Å²) in [6, 6.07) is 3.68. The summed E-state index contributed by atoms with van der Waals surface area (Å²) in [4.78, 5) is 29.6. The molecule has 1 aliphatic heterocycles. The molecule has 0 spiro atoms. The molecular formula is C29H26F2N6O3. The highest BCUT2D eigenvalue weighted by atomic mass is 19.1. The van der Waals surface area contributed by atoms with Gasteiger partial charge in [-0.2, -0.15) is 5.10 Å². The van der Waals surface area contributed by atoms with E-state index in [-0.39, 0.29) is 40.1 Å². The van der Waals surface area contributed by atoms with Crippen molar-refractivity contribution in [2.75, 3.05) is 6.61 Å². The fourth-order valence-electron chi connectivity index (χ4n) is 5.58. The van der Waals surface area contributed by atoms with Crippen LogP contribution in [0.5, 0.6) is 0 Å². The number of ether oxygens (including phenoxy) is 1. The van der Waals surface area contributed by atoms with Gasteiger partial charge >= 0.3 is 5.97 Å². The summed E-state index contributed by atoms with van der Waals surface area (Å²) in [6.07, 6.45) is 12.5. The summed E-state index contributed by atoms with van der Waals surface area (Å²) in [5, 5.41) is 14.5. The second-order valence-electron chi connectivity index (χ2n) is 10.8. The van der Waals surface area contributed by atoms with E-state index < -0.39 is 17.6 Å². The van der Waals surface area contributed by atoms with E-state index in [1.165, 1.54) is 18.0 Å². The van der Waals surface area contributed by atoms with Crippen LogP contribution in [0, 0.1) is 23.5 Å². The lowest BCUT2D eigenvalue weighted by molar-refractivity contribution is 0.0686. The van der Waals surface area contributed by atoms with Gasteiger partial charge in [0.1, 0.15) is 35.3 Å². The number of carboxylic acids is 1. The number of fused-ring (bicyclic) bond motifs is 1. The van der Waals surface area contributed by atoms with Crippen molar-refractivity contribution >= 4 is 17.1 Å². The van der Waals surface area contributed by atoms with Crippen molar-refractivity contribution in [3.63, 3.8) is 0 Å². The molecule has 0 radical (unpaired) electrons. The van der Waals surface area contributed by atoms with Crippen LogP contribution in [-0.4, -0.2) is 47.4 Å². The Balaban J connectivity index is 1.27. The van der Waals surface area contributed by atoms with Gasteiger partial charge in [-0.3, -0.25) is 4.68 Å². The zero-order valence-electron chi connectivity index (χ0n) is 21.5. The maximum absolute atomic E-state index is 14.7. The summed E-state index contributed by atoms with van der Waals surface area (Å²) in [6.45, 7) is 0.561. The predicted octanol–water partition coefficient (Wildman–Crippen LogP) is 5.25. The second kappa shape index (κ2) is 9.81. The standard InChI is InChI=1S/C29H26F2N6O3/c30-18-3-6-20(22(31)10-18)25-27-28(33-14-32-25)36-26(29(38)39)23(35-27)11-21(15-1-2-15)16-7-8-40-24(9-16)17-12-34-37(13-17)19-4-5-19/h3,6,9-10,12-15,19,21,24H,1-2,4-5,7-8,11H2,(H,38,39)/t21?,24-/m1/s1. The normalized spacial score (nSPS) is 19.9. The van der Waals surface area contributed by atoms with E-state index in [4.69, 9.17) is 4.74 Å². The first-order valence-electron chi connectivity index (χ1n) is 13.5. The fraction of sp³-hybridized carbons (Fsp3) is 0.379. The number of carbonyl (C=O) groups is 1. The average molecular weight is 545 g/mol. The van der Waals surface area contributed by atoms with Crippen LogP contribution in [0.15, 0.2) is 48.6 Å². The largest absolute Gasteiger partial charge is 0.476 e. The number of aromatic nitrogens is 6. The first kappa shape index (κ1) is 24.9. The van der Waals surface area contributed by atoms with Crippen molar-refractivity contribution in [3.8, 4) is 11.3 Å². The smallest absolute Gasteiger partial charge is 0.356 e. The average Bonchev–Trinajstić information content (AvgIpc) is 3.90. The van der Waals surface area contributed by atoms with E-state index in [0.29, 0.717) is 30.7 Å². The number of benzene rings is 1. The van der Waals surface area contributed by atoms with E-state index in [2.05, 4.69) is 37.3 Å². The maximum atomic E-state index is 14.7. The molecule has 4 aromatic rings. The third kappa shape index (κ3) is 4.74. The number of hydrogen-bond acceptors (Lipinski definition) is 7. The molecule has 0 amide bonds. The molecule has 2 atom stereocenters. The molecule has 1 N–H and O–H groups in total. The van der Waals surface area contributed by atoms with Crippen LogP contribution in [0.3, 0.4) is 0 Å². The molecule has 2 saturated carbocycles. The van der Waals surface area contributed by atoms with E-state index in [9.17, 15) is 18.7 Å². The number of hydrogen-bond donors (Lipinski definition) is 1. The zero-order chi connectivity index (χ0) is 27.4. The van der Waals surface area contributed by atoms with Gasteiger partial charge in [0.25, 0.3) is 0 Å². The van der Waals surface area contributed by atoms with Gasteiger partial charge in [0.05, 0.1) is 24.5 Å². The molecule has 7 rings (SSSR count). The monoisotopic (exact) mass is 544 g/mol. The molecule has 0 bridgehead atoms. The summed E-state index contributed by atoms with van der Waals surface area (Å²) in [7, 11) is 0. The lowest BCUT2D eigenvalue weighted by Crippen LogP contribution is -2.21. The summed E-state index contributed by atoms with van der Waals surface area (Å²) < 4.78 is 36.4.